The van der Waals surface area contributed by atoms with Gasteiger partial charge in [0.15, 0.2) is 0 Å². The van der Waals surface area contributed by atoms with Gasteiger partial charge in [-0.2, -0.15) is 0 Å². The van der Waals surface area contributed by atoms with Crippen molar-refractivity contribution in [2.75, 3.05) is 19.0 Å². The van der Waals surface area contributed by atoms with E-state index in [4.69, 9.17) is 0 Å². The molecule has 1 aromatic rings. The second-order valence-electron chi connectivity index (χ2n) is 6.64. The molecule has 1 aliphatic carbocycles. The highest BCUT2D eigenvalue weighted by Gasteiger charge is 2.32. The number of thiophene rings is 1. The number of carbonyl (C=O) groups is 5. The van der Waals surface area contributed by atoms with E-state index in [1.165, 1.54) is 11.3 Å². The van der Waals surface area contributed by atoms with E-state index in [2.05, 4.69) is 15.4 Å². The molecule has 0 unspecified atom stereocenters. The summed E-state index contributed by atoms with van der Waals surface area (Å²) < 4.78 is 4.48. The Kier molecular flexibility index (Phi) is 6.08. The minimum Gasteiger partial charge on any atom is -0.453 e. The summed E-state index contributed by atoms with van der Waals surface area (Å²) in [4.78, 5) is 61.9. The number of nitrogens with zero attached hydrogens (tertiary/aromatic N) is 1. The Labute approximate surface area is 165 Å². The summed E-state index contributed by atoms with van der Waals surface area (Å²) in [6.45, 7) is -0.391. The lowest BCUT2D eigenvalue weighted by Crippen LogP contribution is -2.37. The summed E-state index contributed by atoms with van der Waals surface area (Å²) in [5, 5.41) is 5.11. The Morgan fingerprint density at radius 1 is 1.04 bits per heavy atom. The predicted molar refractivity (Wildman–Crippen MR) is 100 cm³/mol. The maximum atomic E-state index is 12.6. The molecular weight excluding hydrogens is 386 g/mol. The Morgan fingerprint density at radius 2 is 1.71 bits per heavy atom. The average molecular weight is 407 g/mol. The fourth-order valence-corrected chi connectivity index (χ4v) is 4.69. The fraction of sp³-hybridized carbons (Fsp3) is 0.500. The topological polar surface area (TPSA) is 122 Å². The maximum Gasteiger partial charge on any atom is 0.413 e. The number of hydrogen-bond acceptors (Lipinski definition) is 7. The van der Waals surface area contributed by atoms with E-state index in [1.54, 1.807) is 0 Å². The zero-order valence-electron chi connectivity index (χ0n) is 15.5. The van der Waals surface area contributed by atoms with Gasteiger partial charge in [0, 0.05) is 17.7 Å². The van der Waals surface area contributed by atoms with Gasteiger partial charge < -0.3 is 10.1 Å². The van der Waals surface area contributed by atoms with Gasteiger partial charge in [-0.3, -0.25) is 29.4 Å². The Morgan fingerprint density at radius 3 is 2.39 bits per heavy atom. The van der Waals surface area contributed by atoms with Crippen LogP contribution >= 0.6 is 11.3 Å². The van der Waals surface area contributed by atoms with Crippen LogP contribution in [0, 0.1) is 0 Å². The quantitative estimate of drug-likeness (QED) is 0.577. The number of hydrogen-bond donors (Lipinski definition) is 2. The highest BCUT2D eigenvalue weighted by Crippen LogP contribution is 2.37. The number of nitrogens with one attached hydrogen (secondary N) is 2. The van der Waals surface area contributed by atoms with Gasteiger partial charge >= 0.3 is 6.09 Å². The molecule has 0 radical (unpaired) electrons. The number of fused-ring (bicyclic) bond motifs is 1. The Bertz CT molecular complexity index is 831. The number of aryl methyl sites for hydroxylation is 1. The van der Waals surface area contributed by atoms with Crippen LogP contribution in [-0.2, 0) is 32.0 Å². The molecule has 10 heteroatoms. The summed E-state index contributed by atoms with van der Waals surface area (Å²) in [7, 11) is 1.16. The average Bonchev–Trinajstić information content (AvgIpc) is 3.05. The van der Waals surface area contributed by atoms with E-state index in [9.17, 15) is 24.0 Å². The first kappa shape index (κ1) is 20.0. The van der Waals surface area contributed by atoms with Gasteiger partial charge in [0.25, 0.3) is 5.91 Å². The van der Waals surface area contributed by atoms with Gasteiger partial charge in [0.2, 0.25) is 17.7 Å². The summed E-state index contributed by atoms with van der Waals surface area (Å²) in [5.74, 6) is -1.97. The number of ether oxygens (including phenoxy) is 1. The van der Waals surface area contributed by atoms with Crippen LogP contribution in [0.25, 0.3) is 0 Å². The number of likely N-dealkylation sites (tertiary alicyclic amines) is 1. The van der Waals surface area contributed by atoms with E-state index >= 15 is 0 Å². The lowest BCUT2D eigenvalue weighted by atomic mass is 10.0. The van der Waals surface area contributed by atoms with Gasteiger partial charge in [0.05, 0.1) is 12.7 Å². The molecule has 1 aliphatic heterocycles. The number of carbonyl (C=O) groups excluding carboxylic acids is 5. The number of alkyl carbamates (subject to hydrolysis) is 1. The Balaban J connectivity index is 1.84. The summed E-state index contributed by atoms with van der Waals surface area (Å²) >= 11 is 1.29. The second-order valence-corrected chi connectivity index (χ2v) is 7.74. The third-order valence-electron chi connectivity index (χ3n) is 4.76. The van der Waals surface area contributed by atoms with Crippen molar-refractivity contribution in [2.24, 2.45) is 0 Å². The molecule has 1 saturated heterocycles. The first-order chi connectivity index (χ1) is 13.4. The number of amides is 5. The van der Waals surface area contributed by atoms with Crippen molar-refractivity contribution >= 4 is 46.1 Å². The molecule has 3 rings (SSSR count). The zero-order valence-corrected chi connectivity index (χ0v) is 16.3. The number of rotatable bonds is 4. The molecule has 1 aromatic heterocycles. The minimum absolute atomic E-state index is 0.103. The minimum atomic E-state index is -0.885. The molecule has 2 aliphatic rings. The van der Waals surface area contributed by atoms with Crippen LogP contribution in [0.15, 0.2) is 0 Å². The van der Waals surface area contributed by atoms with Crippen LogP contribution in [0.1, 0.15) is 52.9 Å². The lowest BCUT2D eigenvalue weighted by Gasteiger charge is -2.14. The largest absolute Gasteiger partial charge is 0.453 e. The van der Waals surface area contributed by atoms with E-state index in [1.807, 2.05) is 0 Å². The first-order valence-electron chi connectivity index (χ1n) is 9.07. The van der Waals surface area contributed by atoms with Gasteiger partial charge in [-0.05, 0) is 31.2 Å². The number of imide groups is 2. The molecule has 5 amide bonds. The second kappa shape index (κ2) is 8.51. The zero-order chi connectivity index (χ0) is 20.3. The normalized spacial score (nSPS) is 16.4. The number of anilines is 1. The van der Waals surface area contributed by atoms with Crippen molar-refractivity contribution in [3.05, 3.63) is 16.0 Å². The van der Waals surface area contributed by atoms with E-state index in [0.717, 1.165) is 48.1 Å². The molecular formula is C18H21N3O6S. The van der Waals surface area contributed by atoms with Gasteiger partial charge in [0.1, 0.15) is 11.5 Å². The van der Waals surface area contributed by atoms with Crippen LogP contribution in [0.2, 0.25) is 0 Å². The third-order valence-corrected chi connectivity index (χ3v) is 5.97. The molecule has 150 valence electrons. The van der Waals surface area contributed by atoms with Crippen LogP contribution in [0.3, 0.4) is 0 Å². The fourth-order valence-electron chi connectivity index (χ4n) is 3.39. The van der Waals surface area contributed by atoms with Crippen molar-refractivity contribution in [1.29, 1.82) is 0 Å². The van der Waals surface area contributed by atoms with Crippen LogP contribution < -0.4 is 10.6 Å². The van der Waals surface area contributed by atoms with Crippen LogP contribution in [-0.4, -0.2) is 48.3 Å². The van der Waals surface area contributed by atoms with Crippen molar-refractivity contribution in [2.45, 2.75) is 44.9 Å². The summed E-state index contributed by atoms with van der Waals surface area (Å²) in [5.41, 5.74) is 1.08. The van der Waals surface area contributed by atoms with Gasteiger partial charge in [-0.25, -0.2) is 4.79 Å². The first-order valence-corrected chi connectivity index (χ1v) is 9.89. The summed E-state index contributed by atoms with van der Waals surface area (Å²) in [6.07, 6.45) is 3.72. The SMILES string of the molecule is COC(=O)NC(=O)c1c(NC(=O)CN2C(=O)CCC2=O)sc2c1CCCCC2. The molecule has 0 saturated carbocycles. The van der Waals surface area contributed by atoms with Crippen molar-refractivity contribution in [3.63, 3.8) is 0 Å². The van der Waals surface area contributed by atoms with E-state index in [-0.39, 0.29) is 30.2 Å². The Hall–Kier alpha value is -2.75. The molecule has 2 heterocycles. The highest BCUT2D eigenvalue weighted by molar-refractivity contribution is 7.17. The molecule has 1 fully saturated rings. The number of methoxy groups -OCH3 is 1. The van der Waals surface area contributed by atoms with Crippen LogP contribution in [0.4, 0.5) is 9.80 Å². The smallest absolute Gasteiger partial charge is 0.413 e. The molecule has 2 N–H and O–H groups in total. The van der Waals surface area contributed by atoms with Crippen LogP contribution in [0.5, 0.6) is 0 Å². The van der Waals surface area contributed by atoms with Crippen molar-refractivity contribution in [3.8, 4) is 0 Å². The molecule has 0 bridgehead atoms. The van der Waals surface area contributed by atoms with Gasteiger partial charge in [-0.1, -0.05) is 6.42 Å². The van der Waals surface area contributed by atoms with Gasteiger partial charge in [-0.15, -0.1) is 11.3 Å². The highest BCUT2D eigenvalue weighted by atomic mass is 32.1. The van der Waals surface area contributed by atoms with E-state index in [0.29, 0.717) is 11.4 Å². The van der Waals surface area contributed by atoms with E-state index < -0.39 is 24.5 Å². The third kappa shape index (κ3) is 4.22. The van der Waals surface area contributed by atoms with Crippen molar-refractivity contribution < 1.29 is 28.7 Å². The lowest BCUT2D eigenvalue weighted by molar-refractivity contribution is -0.141. The summed E-state index contributed by atoms with van der Waals surface area (Å²) in [6, 6.07) is 0. The molecule has 28 heavy (non-hydrogen) atoms. The molecule has 0 spiro atoms. The predicted octanol–water partition coefficient (Wildman–Crippen LogP) is 1.60. The van der Waals surface area contributed by atoms with Crippen molar-refractivity contribution in [1.82, 2.24) is 10.2 Å². The molecule has 0 atom stereocenters. The molecule has 0 aromatic carbocycles. The molecule has 9 nitrogen and oxygen atoms in total. The maximum absolute atomic E-state index is 12.6. The monoisotopic (exact) mass is 407 g/mol. The standard InChI is InChI=1S/C18H21N3O6S/c1-27-18(26)20-16(25)15-10-5-3-2-4-6-11(10)28-17(15)19-12(22)9-21-13(23)7-8-14(21)24/h2-9H2,1H3,(H,19,22)(H,20,25,26).